The number of rotatable bonds is 7. The number of carbonyl (C=O) groups excluding carboxylic acids is 1. The lowest BCUT2D eigenvalue weighted by atomic mass is 10.2. The molecule has 3 aromatic rings. The molecule has 4 rings (SSSR count). The van der Waals surface area contributed by atoms with Crippen LogP contribution < -0.4 is 5.32 Å². The monoisotopic (exact) mass is 376 g/mol. The van der Waals surface area contributed by atoms with Crippen LogP contribution >= 0.6 is 0 Å². The predicted molar refractivity (Wildman–Crippen MR) is 108 cm³/mol. The van der Waals surface area contributed by atoms with E-state index in [-0.39, 0.29) is 5.91 Å². The fraction of sp³-hybridized carbons (Fsp3) is 0.333. The number of amides is 1. The van der Waals surface area contributed by atoms with E-state index < -0.39 is 0 Å². The largest absolute Gasteiger partial charge is 0.354 e. The highest BCUT2D eigenvalue weighted by atomic mass is 16.2. The Hall–Kier alpha value is -3.22. The third-order valence-electron chi connectivity index (χ3n) is 4.96. The summed E-state index contributed by atoms with van der Waals surface area (Å²) in [4.78, 5) is 22.5. The molecule has 144 valence electrons. The molecule has 7 heteroatoms. The molecule has 2 aromatic heterocycles. The van der Waals surface area contributed by atoms with Gasteiger partial charge in [-0.15, -0.1) is 0 Å². The second-order valence-electron chi connectivity index (χ2n) is 6.99. The van der Waals surface area contributed by atoms with Crippen LogP contribution in [0, 0.1) is 6.92 Å². The van der Waals surface area contributed by atoms with E-state index >= 15 is 0 Å². The Morgan fingerprint density at radius 1 is 1.21 bits per heavy atom. The number of aryl methyl sites for hydroxylation is 1. The maximum atomic E-state index is 11.6. The number of hydrogen-bond acceptors (Lipinski definition) is 5. The second kappa shape index (κ2) is 8.21. The number of carbonyl (C=O) groups is 1. The average Bonchev–Trinajstić information content (AvgIpc) is 3.35. The van der Waals surface area contributed by atoms with Gasteiger partial charge in [0.05, 0.1) is 17.6 Å². The van der Waals surface area contributed by atoms with Crippen molar-refractivity contribution in [2.75, 3.05) is 25.0 Å². The lowest BCUT2D eigenvalue weighted by Gasteiger charge is -2.15. The number of para-hydroxylation sites is 1. The number of nitrogens with zero attached hydrogens (tertiary/aromatic N) is 5. The van der Waals surface area contributed by atoms with Gasteiger partial charge >= 0.3 is 0 Å². The van der Waals surface area contributed by atoms with Gasteiger partial charge in [0.25, 0.3) is 0 Å². The van der Waals surface area contributed by atoms with Gasteiger partial charge in [-0.25, -0.2) is 14.6 Å². The van der Waals surface area contributed by atoms with Crippen LogP contribution in [0.5, 0.6) is 0 Å². The van der Waals surface area contributed by atoms with Gasteiger partial charge in [-0.2, -0.15) is 5.10 Å². The Labute approximate surface area is 164 Å². The second-order valence-corrected chi connectivity index (χ2v) is 6.99. The molecule has 1 N–H and O–H groups in total. The highest BCUT2D eigenvalue weighted by Crippen LogP contribution is 2.20. The lowest BCUT2D eigenvalue weighted by molar-refractivity contribution is -0.127. The Kier molecular flexibility index (Phi) is 5.32. The van der Waals surface area contributed by atoms with E-state index in [1.54, 1.807) is 6.20 Å². The molecule has 0 bridgehead atoms. The van der Waals surface area contributed by atoms with Gasteiger partial charge in [0.15, 0.2) is 0 Å². The average molecular weight is 376 g/mol. The summed E-state index contributed by atoms with van der Waals surface area (Å²) in [5, 5.41) is 7.73. The van der Waals surface area contributed by atoms with Crippen LogP contribution in [-0.4, -0.2) is 50.2 Å². The quantitative estimate of drug-likeness (QED) is 0.642. The molecular weight excluding hydrogens is 352 g/mol. The van der Waals surface area contributed by atoms with Crippen molar-refractivity contribution >= 4 is 11.9 Å². The SMILES string of the molecule is Cc1ccccc1-n1cc(-c2ccnc(NCCCN3CCCC3=O)n2)cn1. The summed E-state index contributed by atoms with van der Waals surface area (Å²) in [5.41, 5.74) is 3.99. The normalized spacial score (nSPS) is 13.9. The summed E-state index contributed by atoms with van der Waals surface area (Å²) >= 11 is 0. The molecular formula is C21H24N6O. The number of hydrogen-bond donors (Lipinski definition) is 1. The summed E-state index contributed by atoms with van der Waals surface area (Å²) in [6.07, 6.45) is 8.09. The fourth-order valence-corrected chi connectivity index (χ4v) is 3.42. The van der Waals surface area contributed by atoms with E-state index in [9.17, 15) is 4.79 Å². The Morgan fingerprint density at radius 3 is 2.93 bits per heavy atom. The molecule has 1 fully saturated rings. The van der Waals surface area contributed by atoms with Crippen molar-refractivity contribution in [3.8, 4) is 16.9 Å². The zero-order valence-corrected chi connectivity index (χ0v) is 16.0. The summed E-state index contributed by atoms with van der Waals surface area (Å²) in [6.45, 7) is 4.47. The van der Waals surface area contributed by atoms with Gasteiger partial charge in [-0.05, 0) is 37.5 Å². The molecule has 3 heterocycles. The molecule has 0 spiro atoms. The summed E-state index contributed by atoms with van der Waals surface area (Å²) < 4.78 is 1.87. The zero-order chi connectivity index (χ0) is 19.3. The first-order valence-electron chi connectivity index (χ1n) is 9.66. The third kappa shape index (κ3) is 4.03. The number of benzene rings is 1. The highest BCUT2D eigenvalue weighted by molar-refractivity contribution is 5.78. The third-order valence-corrected chi connectivity index (χ3v) is 4.96. The number of aromatic nitrogens is 4. The highest BCUT2D eigenvalue weighted by Gasteiger charge is 2.18. The molecule has 0 unspecified atom stereocenters. The summed E-state index contributed by atoms with van der Waals surface area (Å²) in [6, 6.07) is 10.0. The van der Waals surface area contributed by atoms with Crippen LogP contribution in [0.15, 0.2) is 48.9 Å². The van der Waals surface area contributed by atoms with Crippen molar-refractivity contribution < 1.29 is 4.79 Å². The number of likely N-dealkylation sites (tertiary alicyclic amines) is 1. The van der Waals surface area contributed by atoms with Crippen LogP contribution in [0.1, 0.15) is 24.8 Å². The minimum atomic E-state index is 0.268. The van der Waals surface area contributed by atoms with Crippen molar-refractivity contribution in [1.82, 2.24) is 24.6 Å². The van der Waals surface area contributed by atoms with Crippen LogP contribution in [0.2, 0.25) is 0 Å². The van der Waals surface area contributed by atoms with E-state index in [1.807, 2.05) is 46.2 Å². The standard InChI is InChI=1S/C21H24N6O/c1-16-6-2-3-7-19(16)27-15-17(14-24-27)18-9-11-23-21(25-18)22-10-5-13-26-12-4-8-20(26)28/h2-3,6-7,9,11,14-15H,4-5,8,10,12-13H2,1H3,(H,22,23,25). The first-order valence-corrected chi connectivity index (χ1v) is 9.66. The van der Waals surface area contributed by atoms with Crippen molar-refractivity contribution in [3.63, 3.8) is 0 Å². The molecule has 0 aliphatic carbocycles. The Bertz CT molecular complexity index is 967. The molecule has 1 saturated heterocycles. The van der Waals surface area contributed by atoms with Gasteiger partial charge in [0.2, 0.25) is 11.9 Å². The molecule has 7 nitrogen and oxygen atoms in total. The van der Waals surface area contributed by atoms with Gasteiger partial charge in [0, 0.05) is 44.0 Å². The fourth-order valence-electron chi connectivity index (χ4n) is 3.42. The van der Waals surface area contributed by atoms with Crippen LogP contribution in [0.25, 0.3) is 16.9 Å². The summed E-state index contributed by atoms with van der Waals surface area (Å²) in [7, 11) is 0. The van der Waals surface area contributed by atoms with Crippen molar-refractivity contribution in [3.05, 3.63) is 54.5 Å². The molecule has 1 aromatic carbocycles. The molecule has 1 amide bonds. The molecule has 0 radical (unpaired) electrons. The molecule has 0 atom stereocenters. The Morgan fingerprint density at radius 2 is 2.11 bits per heavy atom. The minimum absolute atomic E-state index is 0.268. The van der Waals surface area contributed by atoms with Crippen LogP contribution in [-0.2, 0) is 4.79 Å². The smallest absolute Gasteiger partial charge is 0.223 e. The molecule has 28 heavy (non-hydrogen) atoms. The molecule has 1 aliphatic rings. The van der Waals surface area contributed by atoms with Crippen molar-refractivity contribution in [2.45, 2.75) is 26.2 Å². The van der Waals surface area contributed by atoms with E-state index in [0.29, 0.717) is 12.4 Å². The zero-order valence-electron chi connectivity index (χ0n) is 16.0. The maximum absolute atomic E-state index is 11.6. The molecule has 1 aliphatic heterocycles. The molecule has 0 saturated carbocycles. The first kappa shape index (κ1) is 18.2. The van der Waals surface area contributed by atoms with Crippen LogP contribution in [0.3, 0.4) is 0 Å². The topological polar surface area (TPSA) is 75.9 Å². The van der Waals surface area contributed by atoms with Crippen LogP contribution in [0.4, 0.5) is 5.95 Å². The minimum Gasteiger partial charge on any atom is -0.354 e. The van der Waals surface area contributed by atoms with Gasteiger partial charge < -0.3 is 10.2 Å². The van der Waals surface area contributed by atoms with E-state index in [4.69, 9.17) is 0 Å². The van der Waals surface area contributed by atoms with Crippen molar-refractivity contribution in [1.29, 1.82) is 0 Å². The van der Waals surface area contributed by atoms with E-state index in [2.05, 4.69) is 33.4 Å². The number of anilines is 1. The maximum Gasteiger partial charge on any atom is 0.223 e. The van der Waals surface area contributed by atoms with Gasteiger partial charge in [0.1, 0.15) is 0 Å². The van der Waals surface area contributed by atoms with Crippen molar-refractivity contribution in [2.24, 2.45) is 0 Å². The number of nitrogens with one attached hydrogen (secondary N) is 1. The van der Waals surface area contributed by atoms with Gasteiger partial charge in [-0.1, -0.05) is 18.2 Å². The Balaban J connectivity index is 1.39. The van der Waals surface area contributed by atoms with Gasteiger partial charge in [-0.3, -0.25) is 4.79 Å². The predicted octanol–water partition coefficient (Wildman–Crippen LogP) is 3.06. The lowest BCUT2D eigenvalue weighted by Crippen LogP contribution is -2.27. The first-order chi connectivity index (χ1) is 13.7. The van der Waals surface area contributed by atoms with E-state index in [1.165, 1.54) is 5.56 Å². The van der Waals surface area contributed by atoms with E-state index in [0.717, 1.165) is 49.4 Å². The summed E-state index contributed by atoms with van der Waals surface area (Å²) in [5.74, 6) is 0.859.